The van der Waals surface area contributed by atoms with E-state index < -0.39 is 6.43 Å². The summed E-state index contributed by atoms with van der Waals surface area (Å²) in [6.45, 7) is 3.14. The highest BCUT2D eigenvalue weighted by molar-refractivity contribution is 5.82. The standard InChI is InChI=1S/C29H27F2N5O2/c1-17(37)35-15-21-8-20(18-5-6-32-28(38)11-18)10-27(25(21)16-35)36-7-3-4-19-9-23(22-13-33-34(2)14-22)24(29(30)31)12-26(19)36/h5-6,8-14,29H,3-4,7,15-16H2,1-2H3,(H,32,38). The Morgan fingerprint density at radius 2 is 1.87 bits per heavy atom. The Kier molecular flexibility index (Phi) is 5.86. The van der Waals surface area contributed by atoms with Crippen LogP contribution in [0.2, 0.25) is 0 Å². The van der Waals surface area contributed by atoms with Gasteiger partial charge in [-0.3, -0.25) is 14.3 Å². The van der Waals surface area contributed by atoms with E-state index in [0.29, 0.717) is 30.8 Å². The number of hydrogen-bond acceptors (Lipinski definition) is 4. The van der Waals surface area contributed by atoms with Crippen LogP contribution in [0.4, 0.5) is 20.2 Å². The van der Waals surface area contributed by atoms with E-state index in [9.17, 15) is 18.4 Å². The summed E-state index contributed by atoms with van der Waals surface area (Å²) in [5.74, 6) is -0.0231. The molecule has 4 aromatic rings. The highest BCUT2D eigenvalue weighted by atomic mass is 19.3. The molecule has 194 valence electrons. The molecule has 2 aliphatic heterocycles. The molecule has 0 fully saturated rings. The number of rotatable bonds is 4. The number of pyridine rings is 1. The molecule has 0 spiro atoms. The number of H-pyrrole nitrogens is 1. The van der Waals surface area contributed by atoms with E-state index in [1.165, 1.54) is 0 Å². The van der Waals surface area contributed by atoms with Gasteiger partial charge >= 0.3 is 0 Å². The minimum Gasteiger partial charge on any atom is -0.341 e. The van der Waals surface area contributed by atoms with Gasteiger partial charge in [0.25, 0.3) is 6.43 Å². The highest BCUT2D eigenvalue weighted by Crippen LogP contribution is 2.45. The van der Waals surface area contributed by atoms with Gasteiger partial charge in [0.1, 0.15) is 0 Å². The SMILES string of the molecule is CC(=O)N1Cc2cc(-c3cc[nH]c(=O)c3)cc(N3CCCc4cc(-c5cnn(C)c5)c(C(F)F)cc43)c2C1. The normalized spacial score (nSPS) is 14.7. The van der Waals surface area contributed by atoms with Crippen molar-refractivity contribution < 1.29 is 13.6 Å². The number of fused-ring (bicyclic) bond motifs is 2. The lowest BCUT2D eigenvalue weighted by Crippen LogP contribution is -2.26. The lowest BCUT2D eigenvalue weighted by atomic mass is 9.91. The van der Waals surface area contributed by atoms with Crippen molar-refractivity contribution in [1.29, 1.82) is 0 Å². The molecule has 0 radical (unpaired) electrons. The molecule has 6 rings (SSSR count). The van der Waals surface area contributed by atoms with Crippen LogP contribution < -0.4 is 10.5 Å². The molecule has 0 saturated carbocycles. The minimum absolute atomic E-state index is 0.0231. The summed E-state index contributed by atoms with van der Waals surface area (Å²) in [4.78, 5) is 30.8. The third-order valence-electron chi connectivity index (χ3n) is 7.49. The van der Waals surface area contributed by atoms with Gasteiger partial charge in [0.2, 0.25) is 11.5 Å². The molecule has 0 aliphatic carbocycles. The van der Waals surface area contributed by atoms with Gasteiger partial charge in [0.15, 0.2) is 0 Å². The summed E-state index contributed by atoms with van der Waals surface area (Å²) < 4.78 is 30.4. The number of benzene rings is 2. The van der Waals surface area contributed by atoms with E-state index in [0.717, 1.165) is 52.0 Å². The molecule has 0 unspecified atom stereocenters. The Balaban J connectivity index is 1.53. The molecule has 2 aromatic heterocycles. The molecular formula is C29H27F2N5O2. The van der Waals surface area contributed by atoms with Gasteiger partial charge in [0, 0.05) is 80.1 Å². The van der Waals surface area contributed by atoms with E-state index in [4.69, 9.17) is 0 Å². The van der Waals surface area contributed by atoms with Gasteiger partial charge < -0.3 is 14.8 Å². The van der Waals surface area contributed by atoms with Crippen molar-refractivity contribution in [2.45, 2.75) is 39.3 Å². The summed E-state index contributed by atoms with van der Waals surface area (Å²) in [7, 11) is 1.77. The number of halogens is 2. The highest BCUT2D eigenvalue weighted by Gasteiger charge is 2.30. The Bertz CT molecular complexity index is 1620. The zero-order chi connectivity index (χ0) is 26.6. The van der Waals surface area contributed by atoms with E-state index in [2.05, 4.69) is 15.0 Å². The molecule has 9 heteroatoms. The number of hydrogen-bond donors (Lipinski definition) is 1. The van der Waals surface area contributed by atoms with E-state index in [1.54, 1.807) is 54.3 Å². The molecular weight excluding hydrogens is 488 g/mol. The predicted molar refractivity (Wildman–Crippen MR) is 141 cm³/mol. The third-order valence-corrected chi connectivity index (χ3v) is 7.49. The number of amides is 1. The quantitative estimate of drug-likeness (QED) is 0.399. The molecule has 0 bridgehead atoms. The predicted octanol–water partition coefficient (Wildman–Crippen LogP) is 5.33. The molecule has 2 aliphatic rings. The molecule has 1 N–H and O–H groups in total. The number of aryl methyl sites for hydroxylation is 2. The van der Waals surface area contributed by atoms with Crippen molar-refractivity contribution in [3.63, 3.8) is 0 Å². The Labute approximate surface area is 218 Å². The fourth-order valence-corrected chi connectivity index (χ4v) is 5.64. The molecule has 0 atom stereocenters. The van der Waals surface area contributed by atoms with Gasteiger partial charge in [-0.2, -0.15) is 5.10 Å². The van der Waals surface area contributed by atoms with Crippen molar-refractivity contribution in [2.24, 2.45) is 7.05 Å². The molecule has 4 heterocycles. The number of nitrogens with zero attached hydrogens (tertiary/aromatic N) is 4. The molecule has 2 aromatic carbocycles. The van der Waals surface area contributed by atoms with Crippen LogP contribution in [-0.2, 0) is 31.4 Å². The molecule has 7 nitrogen and oxygen atoms in total. The summed E-state index contributed by atoms with van der Waals surface area (Å²) in [6.07, 6.45) is 3.95. The number of anilines is 2. The van der Waals surface area contributed by atoms with Gasteiger partial charge in [0.05, 0.1) is 6.20 Å². The average Bonchev–Trinajstić information content (AvgIpc) is 3.53. The van der Waals surface area contributed by atoms with Crippen molar-refractivity contribution in [2.75, 3.05) is 11.4 Å². The van der Waals surface area contributed by atoms with E-state index in [-0.39, 0.29) is 17.0 Å². The third kappa shape index (κ3) is 4.17. The number of aromatic nitrogens is 3. The van der Waals surface area contributed by atoms with Gasteiger partial charge in [-0.25, -0.2) is 8.78 Å². The summed E-state index contributed by atoms with van der Waals surface area (Å²) in [5, 5.41) is 4.18. The van der Waals surface area contributed by atoms with Gasteiger partial charge in [-0.1, -0.05) is 0 Å². The van der Waals surface area contributed by atoms with Crippen molar-refractivity contribution in [3.05, 3.63) is 87.6 Å². The summed E-state index contributed by atoms with van der Waals surface area (Å²) in [6, 6.07) is 10.9. The van der Waals surface area contributed by atoms with Crippen LogP contribution in [0.15, 0.2) is 59.8 Å². The van der Waals surface area contributed by atoms with Crippen LogP contribution in [0.3, 0.4) is 0 Å². The van der Waals surface area contributed by atoms with Crippen molar-refractivity contribution in [3.8, 4) is 22.3 Å². The monoisotopic (exact) mass is 515 g/mol. The largest absolute Gasteiger partial charge is 0.341 e. The Morgan fingerprint density at radius 3 is 2.58 bits per heavy atom. The van der Waals surface area contributed by atoms with Crippen molar-refractivity contribution >= 4 is 17.3 Å². The first kappa shape index (κ1) is 24.1. The Morgan fingerprint density at radius 1 is 1.03 bits per heavy atom. The smallest absolute Gasteiger partial charge is 0.264 e. The van der Waals surface area contributed by atoms with Gasteiger partial charge in [-0.05, 0) is 71.0 Å². The number of nitrogens with one attached hydrogen (secondary N) is 1. The van der Waals surface area contributed by atoms with Crippen LogP contribution >= 0.6 is 0 Å². The van der Waals surface area contributed by atoms with E-state index in [1.807, 2.05) is 24.3 Å². The molecule has 38 heavy (non-hydrogen) atoms. The lowest BCUT2D eigenvalue weighted by molar-refractivity contribution is -0.129. The average molecular weight is 516 g/mol. The Hall–Kier alpha value is -4.27. The lowest BCUT2D eigenvalue weighted by Gasteiger charge is -2.34. The maximum atomic E-state index is 14.4. The number of carbonyl (C=O) groups excluding carboxylic acids is 1. The summed E-state index contributed by atoms with van der Waals surface area (Å²) >= 11 is 0. The topological polar surface area (TPSA) is 74.2 Å². The van der Waals surface area contributed by atoms with Gasteiger partial charge in [-0.15, -0.1) is 0 Å². The second kappa shape index (κ2) is 9.24. The maximum absolute atomic E-state index is 14.4. The zero-order valence-corrected chi connectivity index (χ0v) is 21.2. The van der Waals surface area contributed by atoms with Crippen molar-refractivity contribution in [1.82, 2.24) is 19.7 Å². The first-order valence-corrected chi connectivity index (χ1v) is 12.6. The van der Waals surface area contributed by atoms with Crippen LogP contribution in [-0.4, -0.2) is 32.1 Å². The number of carbonyl (C=O) groups is 1. The summed E-state index contributed by atoms with van der Waals surface area (Å²) in [5.41, 5.74) is 7.19. The fraction of sp³-hybridized carbons (Fsp3) is 0.276. The number of aromatic amines is 1. The second-order valence-electron chi connectivity index (χ2n) is 9.98. The minimum atomic E-state index is -2.65. The van der Waals surface area contributed by atoms with Crippen LogP contribution in [0.25, 0.3) is 22.3 Å². The molecule has 1 amide bonds. The zero-order valence-electron chi connectivity index (χ0n) is 21.2. The maximum Gasteiger partial charge on any atom is 0.264 e. The van der Waals surface area contributed by atoms with E-state index >= 15 is 0 Å². The van der Waals surface area contributed by atoms with Crippen LogP contribution in [0, 0.1) is 0 Å². The van der Waals surface area contributed by atoms with Crippen LogP contribution in [0.5, 0.6) is 0 Å². The molecule has 0 saturated heterocycles. The second-order valence-corrected chi connectivity index (χ2v) is 9.98. The first-order chi connectivity index (χ1) is 18.3. The number of alkyl halides is 2. The van der Waals surface area contributed by atoms with Crippen LogP contribution in [0.1, 0.15) is 42.0 Å². The first-order valence-electron chi connectivity index (χ1n) is 12.6. The fourth-order valence-electron chi connectivity index (χ4n) is 5.64.